The molecule has 0 amide bonds. The van der Waals surface area contributed by atoms with Crippen molar-refractivity contribution in [3.05, 3.63) is 40.3 Å². The van der Waals surface area contributed by atoms with Crippen molar-refractivity contribution in [1.82, 2.24) is 4.57 Å². The molecule has 4 rings (SSSR count). The average molecular weight is 484 g/mol. The van der Waals surface area contributed by atoms with Crippen LogP contribution in [0.15, 0.2) is 29.8 Å². The van der Waals surface area contributed by atoms with Crippen molar-refractivity contribution in [2.24, 2.45) is 0 Å². The van der Waals surface area contributed by atoms with Crippen molar-refractivity contribution in [1.29, 1.82) is 0 Å². The summed E-state index contributed by atoms with van der Waals surface area (Å²) in [5.41, 5.74) is 5.05. The predicted molar refractivity (Wildman–Crippen MR) is 149 cm³/mol. The van der Waals surface area contributed by atoms with Crippen molar-refractivity contribution in [2.45, 2.75) is 110 Å². The quantitative estimate of drug-likeness (QED) is 0.289. The molecule has 2 nitrogen and oxygen atoms in total. The van der Waals surface area contributed by atoms with Gasteiger partial charge in [0.1, 0.15) is 8.24 Å². The molecule has 1 aliphatic heterocycles. The summed E-state index contributed by atoms with van der Waals surface area (Å²) in [6, 6.07) is 10.5. The summed E-state index contributed by atoms with van der Waals surface area (Å²) in [7, 11) is -1.74. The molecule has 1 spiro atoms. The molecule has 1 aliphatic carbocycles. The molecule has 2 aliphatic rings. The van der Waals surface area contributed by atoms with Gasteiger partial charge in [0, 0.05) is 38.7 Å². The first kappa shape index (κ1) is 25.2. The minimum absolute atomic E-state index is 0.0158. The highest BCUT2D eigenvalue weighted by molar-refractivity contribution is 7.20. The first-order chi connectivity index (χ1) is 15.3. The molecular formula is C29H45NOSSi. The number of thiophene rings is 1. The van der Waals surface area contributed by atoms with Crippen molar-refractivity contribution in [3.8, 4) is 0 Å². The summed E-state index contributed by atoms with van der Waals surface area (Å²) < 4.78 is 10.4. The van der Waals surface area contributed by atoms with E-state index in [4.69, 9.17) is 4.74 Å². The Kier molecular flexibility index (Phi) is 6.57. The molecule has 2 atom stereocenters. The zero-order valence-electron chi connectivity index (χ0n) is 22.5. The topological polar surface area (TPSA) is 12.5 Å². The number of fused-ring (bicyclic) bond motifs is 4. The molecule has 0 radical (unpaired) electrons. The third-order valence-electron chi connectivity index (χ3n) is 8.37. The van der Waals surface area contributed by atoms with Gasteiger partial charge in [-0.3, -0.25) is 0 Å². The van der Waals surface area contributed by atoms with Gasteiger partial charge in [-0.15, -0.1) is 11.3 Å². The van der Waals surface area contributed by atoms with Crippen LogP contribution in [0.5, 0.6) is 0 Å². The van der Waals surface area contributed by atoms with Gasteiger partial charge in [0.05, 0.1) is 5.60 Å². The number of allylic oxidation sites excluding steroid dienone is 1. The van der Waals surface area contributed by atoms with Crippen molar-refractivity contribution in [2.75, 3.05) is 13.2 Å². The van der Waals surface area contributed by atoms with E-state index in [0.29, 0.717) is 5.04 Å². The molecule has 4 heteroatoms. The minimum atomic E-state index is -1.74. The summed E-state index contributed by atoms with van der Waals surface area (Å²) >= 11 is 2.09. The summed E-state index contributed by atoms with van der Waals surface area (Å²) in [5, 5.41) is 1.79. The first-order valence-electron chi connectivity index (χ1n) is 12.9. The normalized spacial score (nSPS) is 25.8. The van der Waals surface area contributed by atoms with Crippen LogP contribution in [0.1, 0.15) is 91.5 Å². The highest BCUT2D eigenvalue weighted by atomic mass is 32.1. The van der Waals surface area contributed by atoms with Gasteiger partial charge in [0.15, 0.2) is 0 Å². The fourth-order valence-electron chi connectivity index (χ4n) is 6.59. The molecule has 0 saturated carbocycles. The molecule has 182 valence electrons. The Morgan fingerprint density at radius 3 is 2.33 bits per heavy atom. The van der Waals surface area contributed by atoms with Crippen molar-refractivity contribution >= 4 is 35.2 Å². The van der Waals surface area contributed by atoms with E-state index < -0.39 is 8.24 Å². The van der Waals surface area contributed by atoms with E-state index in [-0.39, 0.29) is 11.1 Å². The summed E-state index contributed by atoms with van der Waals surface area (Å²) in [5.74, 6) is 0. The highest BCUT2D eigenvalue weighted by Crippen LogP contribution is 2.64. The smallest absolute Gasteiger partial charge is 0.142 e. The largest absolute Gasteiger partial charge is 0.376 e. The van der Waals surface area contributed by atoms with Crippen LogP contribution < -0.4 is 0 Å². The maximum absolute atomic E-state index is 5.94. The molecule has 1 fully saturated rings. The van der Waals surface area contributed by atoms with Crippen molar-refractivity contribution in [3.63, 3.8) is 0 Å². The molecule has 0 N–H and O–H groups in total. The second-order valence-electron chi connectivity index (χ2n) is 12.6. The SMILES string of the molecule is CC1=C(C)C2(CN(C(C)(C)C)[Si]2(C)CCCCCCOC(C)(C)C)c2sc3ccccc3c21. The summed E-state index contributed by atoms with van der Waals surface area (Å²) in [4.78, 5) is 1.70. The Morgan fingerprint density at radius 1 is 1.00 bits per heavy atom. The highest BCUT2D eigenvalue weighted by Gasteiger charge is 2.69. The maximum Gasteiger partial charge on any atom is 0.142 e. The van der Waals surface area contributed by atoms with E-state index in [9.17, 15) is 0 Å². The number of hydrogen-bond donors (Lipinski definition) is 0. The lowest BCUT2D eigenvalue weighted by Crippen LogP contribution is -2.82. The summed E-state index contributed by atoms with van der Waals surface area (Å²) in [6.45, 7) is 23.4. The molecule has 33 heavy (non-hydrogen) atoms. The number of unbranched alkanes of at least 4 members (excludes halogenated alkanes) is 3. The van der Waals surface area contributed by atoms with Crippen LogP contribution in [-0.4, -0.2) is 37.1 Å². The standard InChI is InChI=1S/C29H45NOSSi/c1-21-22(2)29(26-25(21)23-16-12-13-17-24(23)32-26)20-30(27(3,4)5)33(29,9)19-15-11-10-14-18-31-28(6,7)8/h12-13,16-17H,10-11,14-15,18-20H2,1-9H3. The second-order valence-corrected chi connectivity index (χ2v) is 18.1. The number of rotatable bonds is 7. The van der Waals surface area contributed by atoms with Gasteiger partial charge in [0.25, 0.3) is 0 Å². The molecule has 1 aromatic heterocycles. The molecule has 1 aromatic carbocycles. The Labute approximate surface area is 207 Å². The van der Waals surface area contributed by atoms with E-state index in [2.05, 4.69) is 102 Å². The van der Waals surface area contributed by atoms with E-state index in [0.717, 1.165) is 6.61 Å². The maximum atomic E-state index is 5.94. The molecule has 1 saturated heterocycles. The first-order valence-corrected chi connectivity index (χ1v) is 16.4. The monoisotopic (exact) mass is 483 g/mol. The number of nitrogens with zero attached hydrogens (tertiary/aromatic N) is 1. The number of ether oxygens (including phenoxy) is 1. The van der Waals surface area contributed by atoms with Gasteiger partial charge in [-0.05, 0) is 85.1 Å². The lowest BCUT2D eigenvalue weighted by molar-refractivity contribution is -0.00472. The van der Waals surface area contributed by atoms with Crippen LogP contribution in [0.4, 0.5) is 0 Å². The third kappa shape index (κ3) is 4.09. The van der Waals surface area contributed by atoms with Crippen LogP contribution in [0.3, 0.4) is 0 Å². The van der Waals surface area contributed by atoms with Gasteiger partial charge in [-0.25, -0.2) is 0 Å². The summed E-state index contributed by atoms with van der Waals surface area (Å²) in [6.07, 6.45) is 5.14. The lowest BCUT2D eigenvalue weighted by atomic mass is 9.97. The fraction of sp³-hybridized carbons (Fsp3) is 0.655. The Hall–Kier alpha value is -0.943. The van der Waals surface area contributed by atoms with Crippen LogP contribution in [-0.2, 0) is 9.78 Å². The van der Waals surface area contributed by atoms with Gasteiger partial charge in [-0.1, -0.05) is 49.6 Å². The van der Waals surface area contributed by atoms with E-state index in [1.807, 2.05) is 0 Å². The number of benzene rings is 1. The Morgan fingerprint density at radius 2 is 1.67 bits per heavy atom. The van der Waals surface area contributed by atoms with E-state index in [1.54, 1.807) is 21.6 Å². The van der Waals surface area contributed by atoms with Gasteiger partial charge in [-0.2, -0.15) is 0 Å². The number of hydrogen-bond acceptors (Lipinski definition) is 3. The Balaban J connectivity index is 1.57. The zero-order valence-corrected chi connectivity index (χ0v) is 24.3. The van der Waals surface area contributed by atoms with Crippen LogP contribution in [0.2, 0.25) is 12.6 Å². The van der Waals surface area contributed by atoms with Gasteiger partial charge < -0.3 is 9.30 Å². The molecule has 2 heterocycles. The molecular weight excluding hydrogens is 438 g/mol. The van der Waals surface area contributed by atoms with Crippen LogP contribution >= 0.6 is 11.3 Å². The third-order valence-corrected chi connectivity index (χ3v) is 15.9. The molecule has 0 bridgehead atoms. The van der Waals surface area contributed by atoms with Gasteiger partial charge >= 0.3 is 0 Å². The minimum Gasteiger partial charge on any atom is -0.376 e. The van der Waals surface area contributed by atoms with Gasteiger partial charge in [0.2, 0.25) is 0 Å². The van der Waals surface area contributed by atoms with Crippen molar-refractivity contribution < 1.29 is 4.74 Å². The fourth-order valence-corrected chi connectivity index (χ4v) is 14.8. The van der Waals surface area contributed by atoms with Crippen LogP contribution in [0.25, 0.3) is 15.7 Å². The zero-order chi connectivity index (χ0) is 24.2. The second kappa shape index (κ2) is 8.62. The predicted octanol–water partition coefficient (Wildman–Crippen LogP) is 8.55. The Bertz CT molecular complexity index is 1060. The van der Waals surface area contributed by atoms with E-state index >= 15 is 0 Å². The molecule has 2 aromatic rings. The van der Waals surface area contributed by atoms with Crippen LogP contribution in [0, 0.1) is 0 Å². The molecule has 2 unspecified atom stereocenters. The lowest BCUT2D eigenvalue weighted by Gasteiger charge is -2.68. The average Bonchev–Trinajstić information content (AvgIpc) is 3.18. The van der Waals surface area contributed by atoms with E-state index in [1.165, 1.54) is 48.4 Å².